The number of aliphatic hydroxyl groups excluding tert-OH is 1. The fourth-order valence-corrected chi connectivity index (χ4v) is 2.35. The smallest absolute Gasteiger partial charge is 0.261 e. The van der Waals surface area contributed by atoms with Gasteiger partial charge in [-0.3, -0.25) is 9.36 Å². The lowest BCUT2D eigenvalue weighted by Gasteiger charge is -2.23. The van der Waals surface area contributed by atoms with Crippen LogP contribution in [0.4, 0.5) is 0 Å². The van der Waals surface area contributed by atoms with E-state index < -0.39 is 5.60 Å². The van der Waals surface area contributed by atoms with Crippen molar-refractivity contribution in [3.63, 3.8) is 0 Å². The molecule has 0 saturated carbocycles. The first-order chi connectivity index (χ1) is 9.98. The lowest BCUT2D eigenvalue weighted by atomic mass is 10.0. The van der Waals surface area contributed by atoms with Gasteiger partial charge in [-0.25, -0.2) is 4.98 Å². The van der Waals surface area contributed by atoms with Crippen LogP contribution in [0.2, 0.25) is 0 Å². The van der Waals surface area contributed by atoms with Crippen molar-refractivity contribution in [1.29, 1.82) is 0 Å². The van der Waals surface area contributed by atoms with Crippen LogP contribution in [-0.4, -0.2) is 39.1 Å². The van der Waals surface area contributed by atoms with Crippen LogP contribution in [0, 0.1) is 0 Å². The Hall–Kier alpha value is -1.92. The molecule has 0 spiro atoms. The summed E-state index contributed by atoms with van der Waals surface area (Å²) in [6, 6.07) is 5.17. The summed E-state index contributed by atoms with van der Waals surface area (Å²) in [5, 5.41) is 19.6. The third kappa shape index (κ3) is 3.40. The topological polar surface area (TPSA) is 84.6 Å². The number of aromatic nitrogens is 2. The third-order valence-electron chi connectivity index (χ3n) is 3.42. The highest BCUT2D eigenvalue weighted by Crippen LogP contribution is 2.21. The Bertz CT molecular complexity index is 679. The number of fused-ring (bicyclic) bond motifs is 1. The molecule has 0 saturated heterocycles. The second-order valence-corrected chi connectivity index (χ2v) is 5.36. The van der Waals surface area contributed by atoms with Gasteiger partial charge < -0.3 is 14.9 Å². The zero-order chi connectivity index (χ0) is 15.5. The highest BCUT2D eigenvalue weighted by Gasteiger charge is 2.21. The number of benzene rings is 1. The van der Waals surface area contributed by atoms with Gasteiger partial charge in [-0.1, -0.05) is 6.07 Å². The van der Waals surface area contributed by atoms with E-state index in [1.165, 1.54) is 18.0 Å². The molecule has 6 nitrogen and oxygen atoms in total. The minimum Gasteiger partial charge on any atom is -0.494 e. The van der Waals surface area contributed by atoms with E-state index in [4.69, 9.17) is 9.84 Å². The summed E-state index contributed by atoms with van der Waals surface area (Å²) in [6.07, 6.45) is 2.31. The minimum absolute atomic E-state index is 0.0121. The quantitative estimate of drug-likeness (QED) is 0.827. The first kappa shape index (κ1) is 15.5. The van der Waals surface area contributed by atoms with Crippen molar-refractivity contribution in [2.24, 2.45) is 0 Å². The standard InChI is InChI=1S/C15H20N2O4/c1-15(20,7-4-8-18)9-17-10-16-13-11(14(17)19)5-3-6-12(13)21-2/h3,5-6,10,18,20H,4,7-9H2,1-2H3. The van der Waals surface area contributed by atoms with Crippen molar-refractivity contribution in [3.8, 4) is 5.75 Å². The Morgan fingerprint density at radius 2 is 2.19 bits per heavy atom. The zero-order valence-corrected chi connectivity index (χ0v) is 12.2. The van der Waals surface area contributed by atoms with Gasteiger partial charge in [0.15, 0.2) is 0 Å². The SMILES string of the molecule is COc1cccc2c(=O)n(CC(C)(O)CCCO)cnc12. The van der Waals surface area contributed by atoms with E-state index in [2.05, 4.69) is 4.98 Å². The molecule has 0 aliphatic heterocycles. The lowest BCUT2D eigenvalue weighted by Crippen LogP contribution is -2.35. The van der Waals surface area contributed by atoms with Gasteiger partial charge in [0.25, 0.3) is 5.56 Å². The molecule has 2 rings (SSSR count). The van der Waals surface area contributed by atoms with Crippen molar-refractivity contribution in [1.82, 2.24) is 9.55 Å². The molecule has 6 heteroatoms. The number of ether oxygens (including phenoxy) is 1. The molecule has 1 aromatic heterocycles. The zero-order valence-electron chi connectivity index (χ0n) is 12.2. The van der Waals surface area contributed by atoms with Gasteiger partial charge in [-0.15, -0.1) is 0 Å². The molecule has 1 unspecified atom stereocenters. The number of hydrogen-bond acceptors (Lipinski definition) is 5. The van der Waals surface area contributed by atoms with Crippen LogP contribution < -0.4 is 10.3 Å². The van der Waals surface area contributed by atoms with Gasteiger partial charge in [0.2, 0.25) is 0 Å². The molecule has 0 bridgehead atoms. The molecular formula is C15H20N2O4. The molecule has 1 atom stereocenters. The molecule has 114 valence electrons. The molecule has 1 heterocycles. The van der Waals surface area contributed by atoms with Crippen molar-refractivity contribution >= 4 is 10.9 Å². The predicted octanol–water partition coefficient (Wildman–Crippen LogP) is 0.929. The number of rotatable bonds is 6. The number of methoxy groups -OCH3 is 1. The number of para-hydroxylation sites is 1. The van der Waals surface area contributed by atoms with E-state index in [-0.39, 0.29) is 18.7 Å². The first-order valence-electron chi connectivity index (χ1n) is 6.84. The first-order valence-corrected chi connectivity index (χ1v) is 6.84. The van der Waals surface area contributed by atoms with E-state index in [9.17, 15) is 9.90 Å². The van der Waals surface area contributed by atoms with Crippen LogP contribution in [0.1, 0.15) is 19.8 Å². The maximum atomic E-state index is 12.5. The van der Waals surface area contributed by atoms with Crippen molar-refractivity contribution < 1.29 is 14.9 Å². The largest absolute Gasteiger partial charge is 0.494 e. The van der Waals surface area contributed by atoms with Crippen molar-refractivity contribution in [3.05, 3.63) is 34.9 Å². The molecule has 21 heavy (non-hydrogen) atoms. The normalized spacial score (nSPS) is 14.1. The second-order valence-electron chi connectivity index (χ2n) is 5.36. The lowest BCUT2D eigenvalue weighted by molar-refractivity contribution is 0.0257. The molecule has 2 N–H and O–H groups in total. The predicted molar refractivity (Wildman–Crippen MR) is 79.5 cm³/mol. The average Bonchev–Trinajstić information content (AvgIpc) is 2.47. The highest BCUT2D eigenvalue weighted by molar-refractivity contribution is 5.83. The average molecular weight is 292 g/mol. The monoisotopic (exact) mass is 292 g/mol. The van der Waals surface area contributed by atoms with E-state index in [1.54, 1.807) is 25.1 Å². The molecular weight excluding hydrogens is 272 g/mol. The van der Waals surface area contributed by atoms with Gasteiger partial charge in [0.1, 0.15) is 11.3 Å². The number of hydrogen-bond donors (Lipinski definition) is 2. The molecule has 1 aromatic carbocycles. The van der Waals surface area contributed by atoms with Gasteiger partial charge in [0, 0.05) is 6.61 Å². The Morgan fingerprint density at radius 3 is 2.86 bits per heavy atom. The summed E-state index contributed by atoms with van der Waals surface area (Å²) in [4.78, 5) is 16.7. The van der Waals surface area contributed by atoms with Crippen LogP contribution in [0.3, 0.4) is 0 Å². The van der Waals surface area contributed by atoms with Gasteiger partial charge >= 0.3 is 0 Å². The van der Waals surface area contributed by atoms with Gasteiger partial charge in [-0.05, 0) is 31.9 Å². The Kier molecular flexibility index (Phi) is 4.59. The Labute approximate surface area is 122 Å². The maximum Gasteiger partial charge on any atom is 0.261 e. The fraction of sp³-hybridized carbons (Fsp3) is 0.467. The highest BCUT2D eigenvalue weighted by atomic mass is 16.5. The summed E-state index contributed by atoms with van der Waals surface area (Å²) < 4.78 is 6.58. The number of nitrogens with zero attached hydrogens (tertiary/aromatic N) is 2. The summed E-state index contributed by atoms with van der Waals surface area (Å²) in [7, 11) is 1.53. The van der Waals surface area contributed by atoms with E-state index in [0.29, 0.717) is 29.5 Å². The molecule has 0 fully saturated rings. The minimum atomic E-state index is -1.07. The number of aliphatic hydroxyl groups is 2. The summed E-state index contributed by atoms with van der Waals surface area (Å²) in [5.41, 5.74) is -0.778. The summed E-state index contributed by atoms with van der Waals surface area (Å²) in [5.74, 6) is 0.545. The van der Waals surface area contributed by atoms with Gasteiger partial charge in [0.05, 0.1) is 31.0 Å². The summed E-state index contributed by atoms with van der Waals surface area (Å²) in [6.45, 7) is 1.79. The fourth-order valence-electron chi connectivity index (χ4n) is 2.35. The molecule has 0 amide bonds. The van der Waals surface area contributed by atoms with Crippen LogP contribution in [0.5, 0.6) is 5.75 Å². The van der Waals surface area contributed by atoms with Crippen molar-refractivity contribution in [2.45, 2.75) is 31.9 Å². The maximum absolute atomic E-state index is 12.5. The van der Waals surface area contributed by atoms with Crippen LogP contribution >= 0.6 is 0 Å². The molecule has 0 aliphatic rings. The van der Waals surface area contributed by atoms with Crippen molar-refractivity contribution in [2.75, 3.05) is 13.7 Å². The third-order valence-corrected chi connectivity index (χ3v) is 3.42. The molecule has 2 aromatic rings. The van der Waals surface area contributed by atoms with Crippen LogP contribution in [0.25, 0.3) is 10.9 Å². The Balaban J connectivity index is 2.39. The van der Waals surface area contributed by atoms with E-state index >= 15 is 0 Å². The second kappa shape index (κ2) is 6.24. The summed E-state index contributed by atoms with van der Waals surface area (Å²) >= 11 is 0. The van der Waals surface area contributed by atoms with E-state index in [0.717, 1.165) is 0 Å². The van der Waals surface area contributed by atoms with Crippen LogP contribution in [-0.2, 0) is 6.54 Å². The Morgan fingerprint density at radius 1 is 1.43 bits per heavy atom. The molecule has 0 radical (unpaired) electrons. The van der Waals surface area contributed by atoms with Crippen LogP contribution in [0.15, 0.2) is 29.3 Å². The molecule has 0 aliphatic carbocycles. The van der Waals surface area contributed by atoms with E-state index in [1.807, 2.05) is 0 Å². The van der Waals surface area contributed by atoms with Gasteiger partial charge in [-0.2, -0.15) is 0 Å².